The average Bonchev–Trinajstić information content (AvgIpc) is 3.50. The standard InChI is InChI=1S/C12H26O.C12H24O.C11H18O.C10H20O2.C10H22O.C9H20O2.C8H18O.C8H16O/c2*1-4-5-6-7-8-9-10-11(2)12(3)13;1-4-5-6-7-8-9-10(2)11(3)12;1-4-10(12)7-5-6-8(2)9(3)11;1-4-5-6-7-8-9(2)10(3)11;1-7(9(3)11)5-4-6-8(2)10;2*1-4-5-6-7(2)8(3)9/h11-13H,4-10H2,1-3H3;8-9,11-13H,4-7,10H2,1-3H3;1,7-8,10-12H,5-6,9H2,2-3H3;8-9,11H,4-7H2,1-3H3;9-11H,4-8H2,1-3H3;7-11H,4-6H2,1-3H3;7-9H,4-6H2,1-3H3;4-5,7-9H,6H2,1-3H3/b;9-8+;8-7+;;;;;5-4+/t2*11-,12+;10-,11+;8-,9+;9-,10+;7-,8?,9+;2*7-,8+/m11111111/s1. The summed E-state index contributed by atoms with van der Waals surface area (Å²) in [6.45, 7) is 45.9. The number of Topliss-reactive ketones (excluding diaryl/α,β-unsaturated/α-hetero) is 1. The monoisotopic (exact) mass is 1290 g/mol. The van der Waals surface area contributed by atoms with Crippen molar-refractivity contribution in [2.45, 2.75) is 413 Å². The van der Waals surface area contributed by atoms with E-state index in [1.54, 1.807) is 13.8 Å². The van der Waals surface area contributed by atoms with Crippen LogP contribution >= 0.6 is 0 Å². The van der Waals surface area contributed by atoms with E-state index in [1.165, 1.54) is 116 Å². The predicted octanol–water partition coefficient (Wildman–Crippen LogP) is 20.5. The van der Waals surface area contributed by atoms with E-state index in [-0.39, 0.29) is 54.9 Å². The Balaban J connectivity index is -0.000000143. The largest absolute Gasteiger partial charge is 0.393 e. The third kappa shape index (κ3) is 94.8. The quantitative estimate of drug-likeness (QED) is 0.0161. The van der Waals surface area contributed by atoms with Gasteiger partial charge in [0.05, 0.1) is 54.9 Å². The maximum Gasteiger partial charge on any atom is 0.132 e. The maximum absolute atomic E-state index is 10.9. The van der Waals surface area contributed by atoms with Gasteiger partial charge in [0.25, 0.3) is 0 Å². The van der Waals surface area contributed by atoms with Crippen LogP contribution in [0.2, 0.25) is 0 Å². The average molecular weight is 1290 g/mol. The molecule has 0 fully saturated rings. The van der Waals surface area contributed by atoms with Crippen LogP contribution in [0.3, 0.4) is 0 Å². The van der Waals surface area contributed by atoms with Gasteiger partial charge < -0.3 is 46.0 Å². The van der Waals surface area contributed by atoms with Gasteiger partial charge in [0.1, 0.15) is 5.78 Å². The summed E-state index contributed by atoms with van der Waals surface area (Å²) in [5, 5.41) is 82.1. The summed E-state index contributed by atoms with van der Waals surface area (Å²) in [5.41, 5.74) is 0. The van der Waals surface area contributed by atoms with Crippen molar-refractivity contribution in [2.75, 3.05) is 0 Å². The zero-order valence-electron chi connectivity index (χ0n) is 64.2. The van der Waals surface area contributed by atoms with Gasteiger partial charge in [0.2, 0.25) is 0 Å². The lowest BCUT2D eigenvalue weighted by Crippen LogP contribution is -2.13. The van der Waals surface area contributed by atoms with E-state index < -0.39 is 0 Å². The van der Waals surface area contributed by atoms with E-state index in [4.69, 9.17) is 37.1 Å². The molecule has 9 N–H and O–H groups in total. The molecule has 90 heavy (non-hydrogen) atoms. The van der Waals surface area contributed by atoms with Crippen molar-refractivity contribution in [1.29, 1.82) is 0 Å². The number of terminal acetylenes is 1. The van der Waals surface area contributed by atoms with Crippen molar-refractivity contribution in [3.63, 3.8) is 0 Å². The third-order valence-corrected chi connectivity index (χ3v) is 17.4. The smallest absolute Gasteiger partial charge is 0.132 e. The van der Waals surface area contributed by atoms with Crippen molar-refractivity contribution in [2.24, 2.45) is 47.3 Å². The molecule has 17 atom stereocenters. The minimum absolute atomic E-state index is 0.128. The molecule has 0 saturated carbocycles. The number of carbonyl (C=O) groups excluding carboxylic acids is 1. The summed E-state index contributed by atoms with van der Waals surface area (Å²) in [6.07, 6.45) is 51.3. The van der Waals surface area contributed by atoms with Crippen molar-refractivity contribution in [1.82, 2.24) is 0 Å². The second kappa shape index (κ2) is 79.5. The molecule has 0 aliphatic rings. The Labute approximate surface area is 563 Å². The number of rotatable bonds is 44. The first-order valence-corrected chi connectivity index (χ1v) is 37.2. The molecule has 0 aliphatic heterocycles. The zero-order chi connectivity index (χ0) is 71.3. The first-order chi connectivity index (χ1) is 42.2. The normalized spacial score (nSPS) is 16.7. The van der Waals surface area contributed by atoms with Crippen LogP contribution in [-0.4, -0.2) is 107 Å². The second-order valence-corrected chi connectivity index (χ2v) is 27.3. The molecule has 0 aromatic rings. The lowest BCUT2D eigenvalue weighted by molar-refractivity contribution is -0.118. The Morgan fingerprint density at radius 1 is 0.333 bits per heavy atom. The molecule has 0 rings (SSSR count). The van der Waals surface area contributed by atoms with E-state index in [2.05, 4.69) is 91.7 Å². The molecule has 0 spiro atoms. The molecule has 0 aromatic heterocycles. The van der Waals surface area contributed by atoms with Gasteiger partial charge in [-0.1, -0.05) is 223 Å². The van der Waals surface area contributed by atoms with Gasteiger partial charge in [-0.15, -0.1) is 12.3 Å². The number of unbranched alkanes of at least 4 members (excludes halogenated alkanes) is 13. The van der Waals surface area contributed by atoms with Crippen LogP contribution in [0.15, 0.2) is 36.5 Å². The van der Waals surface area contributed by atoms with Gasteiger partial charge in [-0.2, -0.15) is 0 Å². The lowest BCUT2D eigenvalue weighted by atomic mass is 9.98. The third-order valence-electron chi connectivity index (χ3n) is 17.4. The van der Waals surface area contributed by atoms with Gasteiger partial charge in [0.15, 0.2) is 0 Å². The minimum atomic E-state index is -0.248. The Morgan fingerprint density at radius 2 is 0.622 bits per heavy atom. The number of carbonyl (C=O) groups is 1. The Morgan fingerprint density at radius 3 is 0.944 bits per heavy atom. The lowest BCUT2D eigenvalue weighted by Gasteiger charge is -2.14. The number of allylic oxidation sites excluding steroid dienone is 6. The molecule has 0 aliphatic carbocycles. The number of hydrogen-bond acceptors (Lipinski definition) is 10. The van der Waals surface area contributed by atoms with Gasteiger partial charge in [0, 0.05) is 19.3 Å². The van der Waals surface area contributed by atoms with E-state index in [1.807, 2.05) is 96.1 Å². The summed E-state index contributed by atoms with van der Waals surface area (Å²) in [7, 11) is 0. The first-order valence-electron chi connectivity index (χ1n) is 37.2. The fourth-order valence-corrected chi connectivity index (χ4v) is 7.88. The Kier molecular flexibility index (Phi) is 92.0. The van der Waals surface area contributed by atoms with E-state index in [0.717, 1.165) is 70.6 Å². The van der Waals surface area contributed by atoms with Crippen LogP contribution in [0.5, 0.6) is 0 Å². The summed E-state index contributed by atoms with van der Waals surface area (Å²) < 4.78 is 0. The molecule has 1 unspecified atom stereocenters. The molecule has 0 aromatic carbocycles. The zero-order valence-corrected chi connectivity index (χ0v) is 64.2. The second-order valence-electron chi connectivity index (χ2n) is 27.3. The summed E-state index contributed by atoms with van der Waals surface area (Å²) in [4.78, 5) is 10.9. The van der Waals surface area contributed by atoms with Crippen LogP contribution < -0.4 is 0 Å². The van der Waals surface area contributed by atoms with Gasteiger partial charge >= 0.3 is 0 Å². The minimum Gasteiger partial charge on any atom is -0.393 e. The topological polar surface area (TPSA) is 199 Å². The van der Waals surface area contributed by atoms with Crippen molar-refractivity contribution >= 4 is 5.78 Å². The highest BCUT2D eigenvalue weighted by Gasteiger charge is 2.12. The summed E-state index contributed by atoms with van der Waals surface area (Å²) in [5.74, 6) is 6.13. The number of ketones is 1. The molecule has 10 nitrogen and oxygen atoms in total. The molecule has 0 saturated heterocycles. The molecule has 0 amide bonds. The van der Waals surface area contributed by atoms with E-state index in [9.17, 15) is 20.1 Å². The predicted molar refractivity (Wildman–Crippen MR) is 397 cm³/mol. The van der Waals surface area contributed by atoms with Gasteiger partial charge in [-0.3, -0.25) is 4.79 Å². The number of aliphatic hydroxyl groups is 9. The first kappa shape index (κ1) is 104. The van der Waals surface area contributed by atoms with Gasteiger partial charge in [-0.05, 0) is 200 Å². The van der Waals surface area contributed by atoms with Crippen LogP contribution in [-0.2, 0) is 4.79 Å². The molecule has 10 heteroatoms. The van der Waals surface area contributed by atoms with Crippen LogP contribution in [0, 0.1) is 59.7 Å². The fourth-order valence-electron chi connectivity index (χ4n) is 7.88. The van der Waals surface area contributed by atoms with Crippen molar-refractivity contribution in [3.05, 3.63) is 36.5 Å². The Bertz CT molecular complexity index is 1480. The summed E-state index contributed by atoms with van der Waals surface area (Å²) >= 11 is 0. The highest BCUT2D eigenvalue weighted by atomic mass is 16.3. The highest BCUT2D eigenvalue weighted by Crippen LogP contribution is 2.18. The fraction of sp³-hybridized carbons (Fsp3) is 0.887. The number of aliphatic hydroxyl groups excluding tert-OH is 9. The molecular formula is C80H164O10. The summed E-state index contributed by atoms with van der Waals surface area (Å²) in [6, 6.07) is 0. The molecule has 0 heterocycles. The molecule has 544 valence electrons. The van der Waals surface area contributed by atoms with Crippen LogP contribution in [0.1, 0.15) is 358 Å². The molecule has 0 bridgehead atoms. The molecule has 0 radical (unpaired) electrons. The van der Waals surface area contributed by atoms with Crippen LogP contribution in [0.4, 0.5) is 0 Å². The Hall–Kier alpha value is -1.91. The molecular weight excluding hydrogens is 1120 g/mol. The van der Waals surface area contributed by atoms with Gasteiger partial charge in [-0.25, -0.2) is 0 Å². The van der Waals surface area contributed by atoms with E-state index >= 15 is 0 Å². The van der Waals surface area contributed by atoms with Crippen LogP contribution in [0.25, 0.3) is 0 Å². The highest BCUT2D eigenvalue weighted by molar-refractivity contribution is 5.77. The van der Waals surface area contributed by atoms with Crippen molar-refractivity contribution in [3.8, 4) is 12.3 Å². The number of hydrogen-bond donors (Lipinski definition) is 9. The van der Waals surface area contributed by atoms with E-state index in [0.29, 0.717) is 66.0 Å². The maximum atomic E-state index is 10.9. The SMILES string of the molecule is C#CCC/C=C/C[C@@H](C)[C@H](C)O.C/C=C/C[C@@H](C)[C@H](C)O.CC(O)CCC[C@@H](C)[C@H](C)O.CCC(=O)CCC[C@@H](C)[C@H](C)O.CCCCC/C=C/C[C@@H](C)[C@H](C)O.CCCCCCCC[C@@H](C)[C@H](C)O.CCCCCC[C@@H](C)[C@H](C)O.CCCC[C@@H](C)[C@H](C)O. The van der Waals surface area contributed by atoms with Crippen molar-refractivity contribution < 1.29 is 50.8 Å².